The number of hydrogen-bond acceptors (Lipinski definition) is 2. The Kier molecular flexibility index (Phi) is 20.5. The minimum atomic E-state index is 0.833. The van der Waals surface area contributed by atoms with Crippen LogP contribution in [0.2, 0.25) is 0 Å². The molecular formula is C43H52O2. The summed E-state index contributed by atoms with van der Waals surface area (Å²) in [4.78, 5) is 0. The summed E-state index contributed by atoms with van der Waals surface area (Å²) >= 11 is 0. The van der Waals surface area contributed by atoms with Crippen molar-refractivity contribution in [1.82, 2.24) is 0 Å². The molecule has 0 bridgehead atoms. The van der Waals surface area contributed by atoms with Crippen LogP contribution in [0.1, 0.15) is 41.0 Å². The van der Waals surface area contributed by atoms with Gasteiger partial charge in [-0.3, -0.25) is 0 Å². The lowest BCUT2D eigenvalue weighted by Gasteiger charge is -2.00. The Bertz CT molecular complexity index is 1430. The van der Waals surface area contributed by atoms with Crippen molar-refractivity contribution in [3.05, 3.63) is 158 Å². The molecule has 0 heterocycles. The highest BCUT2D eigenvalue weighted by Crippen LogP contribution is 2.22. The summed E-state index contributed by atoms with van der Waals surface area (Å²) in [6, 6.07) is 54.8. The summed E-state index contributed by atoms with van der Waals surface area (Å²) in [7, 11) is 2.00. The fourth-order valence-corrected chi connectivity index (χ4v) is 4.15. The van der Waals surface area contributed by atoms with Crippen LogP contribution >= 0.6 is 0 Å². The molecule has 2 nitrogen and oxygen atoms in total. The summed E-state index contributed by atoms with van der Waals surface area (Å²) in [5.74, 6) is 0.833. The molecule has 0 aromatic heterocycles. The third-order valence-electron chi connectivity index (χ3n) is 5.93. The van der Waals surface area contributed by atoms with Crippen LogP contribution in [0, 0.1) is 5.92 Å². The second-order valence-electron chi connectivity index (χ2n) is 10.7. The molecule has 236 valence electrons. The van der Waals surface area contributed by atoms with Crippen LogP contribution in [0.4, 0.5) is 0 Å². The van der Waals surface area contributed by atoms with Crippen molar-refractivity contribution in [2.75, 3.05) is 14.2 Å². The van der Waals surface area contributed by atoms with Crippen LogP contribution in [0.15, 0.2) is 158 Å². The molecule has 0 fully saturated rings. The first kappa shape index (κ1) is 38.5. The maximum absolute atomic E-state index is 7.00. The zero-order valence-electron chi connectivity index (χ0n) is 28.2. The molecule has 2 N–H and O–H groups in total. The van der Waals surface area contributed by atoms with Gasteiger partial charge in [0.1, 0.15) is 0 Å². The maximum Gasteiger partial charge on any atom is 0.0319 e. The standard InChI is InChI=1S/C14H10.2C10H8.C4H10.C3H8.2CH4O/c1-2-6-12-10-14-8-4-3-7-13(14)9-11(12)5-1;2*1-2-6-10-8-4-3-7-9(10)5-1;1-4(2)3;1-3-2;2*1-2/h1-10H;2*1-8H;4H,1-3H3;3H2,1-2H3;2*2H,1H3. The van der Waals surface area contributed by atoms with Gasteiger partial charge in [0.15, 0.2) is 0 Å². The monoisotopic (exact) mass is 600 g/mol. The minimum absolute atomic E-state index is 0.833. The van der Waals surface area contributed by atoms with E-state index in [1.165, 1.54) is 49.5 Å². The summed E-state index contributed by atoms with van der Waals surface area (Å²) in [6.45, 7) is 10.8. The minimum Gasteiger partial charge on any atom is -0.400 e. The van der Waals surface area contributed by atoms with Crippen molar-refractivity contribution in [2.24, 2.45) is 5.92 Å². The van der Waals surface area contributed by atoms with Gasteiger partial charge in [0.05, 0.1) is 0 Å². The zero-order chi connectivity index (χ0) is 33.3. The van der Waals surface area contributed by atoms with Gasteiger partial charge in [-0.05, 0) is 61.1 Å². The van der Waals surface area contributed by atoms with E-state index in [4.69, 9.17) is 10.2 Å². The van der Waals surface area contributed by atoms with Gasteiger partial charge in [-0.15, -0.1) is 0 Å². The molecule has 7 rings (SSSR count). The lowest BCUT2D eigenvalue weighted by Crippen LogP contribution is -1.74. The van der Waals surface area contributed by atoms with Gasteiger partial charge in [0.2, 0.25) is 0 Å². The molecule has 2 heteroatoms. The smallest absolute Gasteiger partial charge is 0.0319 e. The van der Waals surface area contributed by atoms with Crippen molar-refractivity contribution in [1.29, 1.82) is 0 Å². The third kappa shape index (κ3) is 14.7. The lowest BCUT2D eigenvalue weighted by molar-refractivity contribution is 0.399. The number of rotatable bonds is 0. The van der Waals surface area contributed by atoms with E-state index in [1.807, 2.05) is 0 Å². The van der Waals surface area contributed by atoms with Crippen molar-refractivity contribution >= 4 is 43.1 Å². The van der Waals surface area contributed by atoms with Gasteiger partial charge in [0.25, 0.3) is 0 Å². The predicted octanol–water partition coefficient (Wildman–Crippen LogP) is 12.0. The molecular weight excluding hydrogens is 548 g/mol. The zero-order valence-corrected chi connectivity index (χ0v) is 28.2. The molecule has 0 spiro atoms. The lowest BCUT2D eigenvalue weighted by atomic mass is 10.0. The van der Waals surface area contributed by atoms with E-state index in [0.29, 0.717) is 0 Å². The molecule has 7 aromatic rings. The van der Waals surface area contributed by atoms with Crippen LogP contribution in [0.3, 0.4) is 0 Å². The average molecular weight is 601 g/mol. The first-order valence-electron chi connectivity index (χ1n) is 15.7. The maximum atomic E-state index is 7.00. The van der Waals surface area contributed by atoms with E-state index >= 15 is 0 Å². The fraction of sp³-hybridized carbons (Fsp3) is 0.209. The van der Waals surface area contributed by atoms with E-state index in [0.717, 1.165) is 20.1 Å². The highest BCUT2D eigenvalue weighted by molar-refractivity contribution is 5.98. The van der Waals surface area contributed by atoms with Gasteiger partial charge < -0.3 is 10.2 Å². The summed E-state index contributed by atoms with van der Waals surface area (Å²) in [5.41, 5.74) is 0. The molecule has 0 saturated heterocycles. The van der Waals surface area contributed by atoms with Gasteiger partial charge >= 0.3 is 0 Å². The number of fused-ring (bicyclic) bond motifs is 4. The van der Waals surface area contributed by atoms with E-state index in [1.54, 1.807) is 0 Å². The Morgan fingerprint density at radius 2 is 0.444 bits per heavy atom. The second-order valence-corrected chi connectivity index (χ2v) is 10.7. The molecule has 45 heavy (non-hydrogen) atoms. The number of aliphatic hydroxyl groups excluding tert-OH is 2. The van der Waals surface area contributed by atoms with Crippen LogP contribution < -0.4 is 0 Å². The Hall–Kier alpha value is -4.50. The summed E-state index contributed by atoms with van der Waals surface area (Å²) in [5, 5.41) is 24.5. The van der Waals surface area contributed by atoms with E-state index < -0.39 is 0 Å². The molecule has 0 radical (unpaired) electrons. The predicted molar refractivity (Wildman–Crippen MR) is 202 cm³/mol. The summed E-state index contributed by atoms with van der Waals surface area (Å²) in [6.07, 6.45) is 1.25. The topological polar surface area (TPSA) is 40.5 Å². The van der Waals surface area contributed by atoms with E-state index in [-0.39, 0.29) is 0 Å². The van der Waals surface area contributed by atoms with Crippen LogP contribution in [0.25, 0.3) is 43.1 Å². The Balaban J connectivity index is 0.000000295. The van der Waals surface area contributed by atoms with Gasteiger partial charge in [-0.2, -0.15) is 0 Å². The molecule has 0 saturated carbocycles. The Labute approximate surface area is 271 Å². The molecule has 0 aliphatic heterocycles. The van der Waals surface area contributed by atoms with E-state index in [2.05, 4.69) is 192 Å². The van der Waals surface area contributed by atoms with Crippen molar-refractivity contribution in [3.63, 3.8) is 0 Å². The number of benzene rings is 7. The average Bonchev–Trinajstić information content (AvgIpc) is 3.10. The van der Waals surface area contributed by atoms with Crippen LogP contribution in [-0.4, -0.2) is 24.4 Å². The van der Waals surface area contributed by atoms with Crippen molar-refractivity contribution in [3.8, 4) is 0 Å². The van der Waals surface area contributed by atoms with E-state index in [9.17, 15) is 0 Å². The first-order valence-corrected chi connectivity index (χ1v) is 15.7. The molecule has 0 unspecified atom stereocenters. The van der Waals surface area contributed by atoms with Gasteiger partial charge in [0, 0.05) is 14.2 Å². The first-order chi connectivity index (χ1) is 22.0. The largest absolute Gasteiger partial charge is 0.400 e. The normalized spacial score (nSPS) is 9.29. The van der Waals surface area contributed by atoms with Crippen molar-refractivity contribution < 1.29 is 10.2 Å². The highest BCUT2D eigenvalue weighted by atomic mass is 16.2. The quantitative estimate of drug-likeness (QED) is 0.170. The van der Waals surface area contributed by atoms with Gasteiger partial charge in [-0.1, -0.05) is 187 Å². The van der Waals surface area contributed by atoms with Crippen LogP contribution in [0.5, 0.6) is 0 Å². The second kappa shape index (κ2) is 23.9. The molecule has 0 atom stereocenters. The molecule has 7 aromatic carbocycles. The number of hydrogen-bond donors (Lipinski definition) is 2. The highest BCUT2D eigenvalue weighted by Gasteiger charge is 1.95. The van der Waals surface area contributed by atoms with Gasteiger partial charge in [-0.25, -0.2) is 0 Å². The SMILES string of the molecule is CC(C)C.CCC.CO.CO.c1ccc2cc3ccccc3cc2c1.c1ccc2ccccc2c1.c1ccc2ccccc2c1. The molecule has 0 aliphatic carbocycles. The number of aliphatic hydroxyl groups is 2. The fourth-order valence-electron chi connectivity index (χ4n) is 4.15. The summed E-state index contributed by atoms with van der Waals surface area (Å²) < 4.78 is 0. The molecule has 0 aliphatic rings. The van der Waals surface area contributed by atoms with Crippen LogP contribution in [-0.2, 0) is 0 Å². The molecule has 0 amide bonds. The Morgan fingerprint density at radius 1 is 0.333 bits per heavy atom. The Morgan fingerprint density at radius 3 is 0.578 bits per heavy atom. The third-order valence-corrected chi connectivity index (χ3v) is 5.93. The van der Waals surface area contributed by atoms with Crippen molar-refractivity contribution in [2.45, 2.75) is 41.0 Å².